The Hall–Kier alpha value is -2.55. The van der Waals surface area contributed by atoms with Gasteiger partial charge in [0.05, 0.1) is 16.9 Å². The lowest BCUT2D eigenvalue weighted by Gasteiger charge is -2.05. The summed E-state index contributed by atoms with van der Waals surface area (Å²) >= 11 is 0. The summed E-state index contributed by atoms with van der Waals surface area (Å²) in [6, 6.07) is 17.7. The molecular formula is C17H16N2O. The molecule has 3 aromatic rings. The second-order valence-electron chi connectivity index (χ2n) is 4.90. The average molecular weight is 264 g/mol. The molecular weight excluding hydrogens is 248 g/mol. The molecule has 20 heavy (non-hydrogen) atoms. The van der Waals surface area contributed by atoms with Crippen LogP contribution in [-0.2, 0) is 0 Å². The van der Waals surface area contributed by atoms with Gasteiger partial charge in [-0.1, -0.05) is 42.5 Å². The zero-order valence-electron chi connectivity index (χ0n) is 11.5. The first-order valence-electron chi connectivity index (χ1n) is 6.58. The summed E-state index contributed by atoms with van der Waals surface area (Å²) in [5.74, 6) is 0.180. The number of rotatable bonds is 2. The van der Waals surface area contributed by atoms with Crippen LogP contribution in [0.5, 0.6) is 5.88 Å². The largest absolute Gasteiger partial charge is 0.493 e. The van der Waals surface area contributed by atoms with Gasteiger partial charge in [0.2, 0.25) is 5.88 Å². The van der Waals surface area contributed by atoms with E-state index in [2.05, 4.69) is 5.10 Å². The lowest BCUT2D eigenvalue weighted by Crippen LogP contribution is -1.96. The van der Waals surface area contributed by atoms with Gasteiger partial charge >= 0.3 is 0 Å². The molecule has 0 atom stereocenters. The Bertz CT molecular complexity index is 745. The Morgan fingerprint density at radius 3 is 2.40 bits per heavy atom. The Labute approximate surface area is 118 Å². The van der Waals surface area contributed by atoms with Crippen molar-refractivity contribution >= 4 is 0 Å². The van der Waals surface area contributed by atoms with Gasteiger partial charge in [0.25, 0.3) is 0 Å². The van der Waals surface area contributed by atoms with Crippen LogP contribution in [0.2, 0.25) is 0 Å². The van der Waals surface area contributed by atoms with Crippen molar-refractivity contribution in [3.63, 3.8) is 0 Å². The van der Waals surface area contributed by atoms with Crippen LogP contribution in [0.15, 0.2) is 54.6 Å². The number of benzene rings is 2. The average Bonchev–Trinajstić information content (AvgIpc) is 2.75. The van der Waals surface area contributed by atoms with Gasteiger partial charge in [-0.15, -0.1) is 0 Å². The van der Waals surface area contributed by atoms with Crippen LogP contribution in [-0.4, -0.2) is 14.9 Å². The molecule has 0 unspecified atom stereocenters. The molecule has 2 aromatic carbocycles. The molecule has 100 valence electrons. The van der Waals surface area contributed by atoms with Crippen molar-refractivity contribution < 1.29 is 5.11 Å². The minimum atomic E-state index is 0.180. The Morgan fingerprint density at radius 1 is 0.950 bits per heavy atom. The van der Waals surface area contributed by atoms with E-state index < -0.39 is 0 Å². The normalized spacial score (nSPS) is 10.7. The third-order valence-corrected chi connectivity index (χ3v) is 3.34. The quantitative estimate of drug-likeness (QED) is 0.763. The maximum atomic E-state index is 10.5. The molecule has 1 heterocycles. The first-order chi connectivity index (χ1) is 9.66. The van der Waals surface area contributed by atoms with E-state index in [-0.39, 0.29) is 5.88 Å². The topological polar surface area (TPSA) is 38.0 Å². The minimum Gasteiger partial charge on any atom is -0.493 e. The molecule has 3 nitrogen and oxygen atoms in total. The van der Waals surface area contributed by atoms with Crippen molar-refractivity contribution in [2.45, 2.75) is 13.8 Å². The van der Waals surface area contributed by atoms with Crippen LogP contribution in [0.1, 0.15) is 11.3 Å². The van der Waals surface area contributed by atoms with E-state index in [9.17, 15) is 5.11 Å². The van der Waals surface area contributed by atoms with Crippen molar-refractivity contribution in [2.24, 2.45) is 0 Å². The Morgan fingerprint density at radius 2 is 1.70 bits per heavy atom. The van der Waals surface area contributed by atoms with Gasteiger partial charge in [0, 0.05) is 0 Å². The van der Waals surface area contributed by atoms with Gasteiger partial charge in [-0.05, 0) is 37.1 Å². The predicted molar refractivity (Wildman–Crippen MR) is 80.1 cm³/mol. The summed E-state index contributed by atoms with van der Waals surface area (Å²) in [5, 5.41) is 15.0. The standard InChI is InChI=1S/C17H16N2O/c1-12-7-6-10-15(11-12)19-17(20)16(13(2)18-19)14-8-4-3-5-9-14/h3-11,20H,1-2H3. The molecule has 0 saturated heterocycles. The molecule has 0 radical (unpaired) electrons. The molecule has 0 fully saturated rings. The number of hydrogen-bond acceptors (Lipinski definition) is 2. The molecule has 0 amide bonds. The number of nitrogens with zero attached hydrogens (tertiary/aromatic N) is 2. The molecule has 0 bridgehead atoms. The highest BCUT2D eigenvalue weighted by Crippen LogP contribution is 2.33. The fourth-order valence-electron chi connectivity index (χ4n) is 2.40. The third kappa shape index (κ3) is 2.07. The highest BCUT2D eigenvalue weighted by atomic mass is 16.3. The monoisotopic (exact) mass is 264 g/mol. The van der Waals surface area contributed by atoms with Crippen molar-refractivity contribution in [3.8, 4) is 22.7 Å². The molecule has 0 aliphatic rings. The first kappa shape index (κ1) is 12.5. The molecule has 3 rings (SSSR count). The first-order valence-corrected chi connectivity index (χ1v) is 6.58. The Kier molecular flexibility index (Phi) is 3.03. The molecule has 3 heteroatoms. The maximum Gasteiger partial charge on any atom is 0.222 e. The number of aryl methyl sites for hydroxylation is 2. The third-order valence-electron chi connectivity index (χ3n) is 3.34. The smallest absolute Gasteiger partial charge is 0.222 e. The van der Waals surface area contributed by atoms with Crippen molar-refractivity contribution in [2.75, 3.05) is 0 Å². The van der Waals surface area contributed by atoms with Gasteiger partial charge in [-0.3, -0.25) is 0 Å². The molecule has 1 N–H and O–H groups in total. The van der Waals surface area contributed by atoms with Crippen LogP contribution in [0, 0.1) is 13.8 Å². The van der Waals surface area contributed by atoms with E-state index in [0.717, 1.165) is 28.1 Å². The molecule has 0 saturated carbocycles. The minimum absolute atomic E-state index is 0.180. The van der Waals surface area contributed by atoms with Crippen LogP contribution >= 0.6 is 0 Å². The van der Waals surface area contributed by atoms with Gasteiger partial charge in [0.1, 0.15) is 0 Å². The summed E-state index contributed by atoms with van der Waals surface area (Å²) in [5.41, 5.74) is 4.58. The van der Waals surface area contributed by atoms with E-state index in [0.29, 0.717) is 0 Å². The predicted octanol–water partition coefficient (Wildman–Crippen LogP) is 3.86. The zero-order valence-corrected chi connectivity index (χ0v) is 11.5. The molecule has 0 aliphatic carbocycles. The molecule has 0 spiro atoms. The SMILES string of the molecule is Cc1cccc(-n2nc(C)c(-c3ccccc3)c2O)c1. The summed E-state index contributed by atoms with van der Waals surface area (Å²) in [4.78, 5) is 0. The zero-order chi connectivity index (χ0) is 14.1. The maximum absolute atomic E-state index is 10.5. The fraction of sp³-hybridized carbons (Fsp3) is 0.118. The van der Waals surface area contributed by atoms with Crippen LogP contribution in [0.3, 0.4) is 0 Å². The lowest BCUT2D eigenvalue weighted by molar-refractivity contribution is 0.435. The van der Waals surface area contributed by atoms with Gasteiger partial charge in [0.15, 0.2) is 0 Å². The van der Waals surface area contributed by atoms with Gasteiger partial charge in [-0.2, -0.15) is 5.10 Å². The number of aromatic nitrogens is 2. The Balaban J connectivity index is 2.17. The number of hydrogen-bond donors (Lipinski definition) is 1. The van der Waals surface area contributed by atoms with E-state index >= 15 is 0 Å². The van der Waals surface area contributed by atoms with E-state index in [1.807, 2.05) is 68.4 Å². The molecule has 0 aliphatic heterocycles. The highest BCUT2D eigenvalue weighted by Gasteiger charge is 2.16. The van der Waals surface area contributed by atoms with E-state index in [1.165, 1.54) is 0 Å². The second kappa shape index (κ2) is 4.85. The summed E-state index contributed by atoms with van der Waals surface area (Å²) in [6.45, 7) is 3.93. The van der Waals surface area contributed by atoms with Crippen LogP contribution in [0.4, 0.5) is 0 Å². The van der Waals surface area contributed by atoms with E-state index in [1.54, 1.807) is 4.68 Å². The van der Waals surface area contributed by atoms with E-state index in [4.69, 9.17) is 0 Å². The number of aromatic hydroxyl groups is 1. The summed E-state index contributed by atoms with van der Waals surface area (Å²) in [6.07, 6.45) is 0. The van der Waals surface area contributed by atoms with Crippen molar-refractivity contribution in [3.05, 3.63) is 65.9 Å². The van der Waals surface area contributed by atoms with Crippen LogP contribution < -0.4 is 0 Å². The molecule has 1 aromatic heterocycles. The summed E-state index contributed by atoms with van der Waals surface area (Å²) < 4.78 is 1.59. The summed E-state index contributed by atoms with van der Waals surface area (Å²) in [7, 11) is 0. The van der Waals surface area contributed by atoms with Crippen molar-refractivity contribution in [1.29, 1.82) is 0 Å². The fourth-order valence-corrected chi connectivity index (χ4v) is 2.40. The van der Waals surface area contributed by atoms with Gasteiger partial charge < -0.3 is 5.11 Å². The van der Waals surface area contributed by atoms with Crippen LogP contribution in [0.25, 0.3) is 16.8 Å². The lowest BCUT2D eigenvalue weighted by atomic mass is 10.1. The second-order valence-corrected chi connectivity index (χ2v) is 4.90. The van der Waals surface area contributed by atoms with Crippen molar-refractivity contribution in [1.82, 2.24) is 9.78 Å². The van der Waals surface area contributed by atoms with Gasteiger partial charge in [-0.25, -0.2) is 4.68 Å². The highest BCUT2D eigenvalue weighted by molar-refractivity contribution is 5.71.